The topological polar surface area (TPSA) is 112 Å². The molecule has 3 heterocycles. The van der Waals surface area contributed by atoms with E-state index in [1.54, 1.807) is 0 Å². The fourth-order valence-electron chi connectivity index (χ4n) is 3.10. The van der Waals surface area contributed by atoms with E-state index in [4.69, 9.17) is 4.74 Å². The summed E-state index contributed by atoms with van der Waals surface area (Å²) in [6, 6.07) is 0. The van der Waals surface area contributed by atoms with Crippen molar-refractivity contribution in [2.24, 2.45) is 11.8 Å². The lowest BCUT2D eigenvalue weighted by atomic mass is 9.88. The highest BCUT2D eigenvalue weighted by atomic mass is 32.2. The molecule has 2 saturated heterocycles. The zero-order valence-electron chi connectivity index (χ0n) is 14.1. The number of ether oxygens (including phenoxy) is 1. The van der Waals surface area contributed by atoms with E-state index in [9.17, 15) is 9.59 Å². The van der Waals surface area contributed by atoms with Gasteiger partial charge < -0.3 is 20.3 Å². The number of aromatic amines is 1. The molecule has 2 aliphatic heterocycles. The van der Waals surface area contributed by atoms with Gasteiger partial charge in [-0.3, -0.25) is 14.7 Å². The van der Waals surface area contributed by atoms with Crippen molar-refractivity contribution in [1.82, 2.24) is 30.7 Å². The Hall–Kier alpha value is -1.65. The van der Waals surface area contributed by atoms with Gasteiger partial charge in [0.2, 0.25) is 11.8 Å². The largest absolute Gasteiger partial charge is 0.378 e. The van der Waals surface area contributed by atoms with E-state index in [-0.39, 0.29) is 23.7 Å². The highest BCUT2D eigenvalue weighted by Crippen LogP contribution is 2.20. The van der Waals surface area contributed by atoms with E-state index in [0.717, 1.165) is 10.9 Å². The fraction of sp³-hybridized carbons (Fsp3) is 0.733. The van der Waals surface area contributed by atoms with Crippen molar-refractivity contribution in [3.63, 3.8) is 0 Å². The van der Waals surface area contributed by atoms with Crippen LogP contribution >= 0.6 is 11.8 Å². The Morgan fingerprint density at radius 3 is 2.88 bits per heavy atom. The molecule has 9 nitrogen and oxygen atoms in total. The third-order valence-electron chi connectivity index (χ3n) is 4.43. The third kappa shape index (κ3) is 5.16. The van der Waals surface area contributed by atoms with Crippen molar-refractivity contribution >= 4 is 23.6 Å². The number of thioether (sulfide) groups is 1. The molecule has 2 fully saturated rings. The molecule has 0 bridgehead atoms. The van der Waals surface area contributed by atoms with Crippen LogP contribution in [-0.4, -0.2) is 83.6 Å². The summed E-state index contributed by atoms with van der Waals surface area (Å²) in [5, 5.41) is 13.5. The van der Waals surface area contributed by atoms with Crippen molar-refractivity contribution in [1.29, 1.82) is 0 Å². The number of nitrogens with zero attached hydrogens (tertiary/aromatic N) is 3. The molecule has 25 heavy (non-hydrogen) atoms. The maximum Gasteiger partial charge on any atom is 0.227 e. The molecular weight excluding hydrogens is 344 g/mol. The van der Waals surface area contributed by atoms with Crippen LogP contribution in [0.2, 0.25) is 0 Å². The number of rotatable bonds is 6. The summed E-state index contributed by atoms with van der Waals surface area (Å²) in [6.07, 6.45) is 2.06. The lowest BCUT2D eigenvalue weighted by Gasteiger charge is -2.34. The molecule has 2 amide bonds. The second-order valence-electron chi connectivity index (χ2n) is 6.16. The number of amides is 2. The summed E-state index contributed by atoms with van der Waals surface area (Å²) in [6.45, 7) is 4.30. The van der Waals surface area contributed by atoms with Crippen LogP contribution in [0.4, 0.5) is 0 Å². The van der Waals surface area contributed by atoms with Crippen molar-refractivity contribution in [2.75, 3.05) is 51.7 Å². The molecule has 0 aliphatic carbocycles. The van der Waals surface area contributed by atoms with Crippen LogP contribution in [0.25, 0.3) is 0 Å². The Morgan fingerprint density at radius 2 is 2.12 bits per heavy atom. The number of hydrogen-bond acceptors (Lipinski definition) is 7. The Bertz CT molecular complexity index is 564. The number of aromatic nitrogens is 3. The van der Waals surface area contributed by atoms with Gasteiger partial charge in [0, 0.05) is 38.5 Å². The number of H-pyrrole nitrogens is 1. The van der Waals surface area contributed by atoms with E-state index in [0.29, 0.717) is 52.4 Å². The number of carbonyl (C=O) groups excluding carboxylic acids is 2. The summed E-state index contributed by atoms with van der Waals surface area (Å²) < 4.78 is 5.29. The van der Waals surface area contributed by atoms with Crippen molar-refractivity contribution in [3.05, 3.63) is 6.33 Å². The molecule has 3 rings (SSSR count). The lowest BCUT2D eigenvalue weighted by Crippen LogP contribution is -2.51. The van der Waals surface area contributed by atoms with E-state index in [1.165, 1.54) is 18.1 Å². The average Bonchev–Trinajstić information content (AvgIpc) is 3.19. The van der Waals surface area contributed by atoms with Crippen LogP contribution in [-0.2, 0) is 14.3 Å². The molecule has 0 unspecified atom stereocenters. The van der Waals surface area contributed by atoms with Gasteiger partial charge in [0.25, 0.3) is 0 Å². The minimum absolute atomic E-state index is 0.00477. The van der Waals surface area contributed by atoms with Crippen LogP contribution in [0.1, 0.15) is 6.42 Å². The first-order chi connectivity index (χ1) is 12.2. The van der Waals surface area contributed by atoms with Gasteiger partial charge in [-0.2, -0.15) is 5.10 Å². The van der Waals surface area contributed by atoms with Crippen molar-refractivity contribution in [3.8, 4) is 0 Å². The monoisotopic (exact) mass is 368 g/mol. The quantitative estimate of drug-likeness (QED) is 0.440. The zero-order valence-corrected chi connectivity index (χ0v) is 14.9. The third-order valence-corrected chi connectivity index (χ3v) is 5.30. The summed E-state index contributed by atoms with van der Waals surface area (Å²) in [5.41, 5.74) is 0. The Morgan fingerprint density at radius 1 is 1.32 bits per heavy atom. The van der Waals surface area contributed by atoms with Gasteiger partial charge in [-0.05, 0) is 6.42 Å². The van der Waals surface area contributed by atoms with E-state index in [2.05, 4.69) is 25.8 Å². The second-order valence-corrected chi connectivity index (χ2v) is 7.24. The number of hydrogen-bond donors (Lipinski definition) is 3. The van der Waals surface area contributed by atoms with Gasteiger partial charge in [0.05, 0.1) is 25.0 Å². The van der Waals surface area contributed by atoms with E-state index >= 15 is 0 Å². The number of nitrogens with one attached hydrogen (secondary N) is 3. The van der Waals surface area contributed by atoms with Crippen LogP contribution in [0.5, 0.6) is 0 Å². The molecule has 2 atom stereocenters. The highest BCUT2D eigenvalue weighted by molar-refractivity contribution is 7.99. The van der Waals surface area contributed by atoms with Gasteiger partial charge in [0.15, 0.2) is 5.16 Å². The molecular formula is C15H24N6O3S. The van der Waals surface area contributed by atoms with Crippen LogP contribution < -0.4 is 10.6 Å². The predicted molar refractivity (Wildman–Crippen MR) is 92.0 cm³/mol. The fourth-order valence-corrected chi connectivity index (χ4v) is 3.74. The van der Waals surface area contributed by atoms with Crippen LogP contribution in [0.15, 0.2) is 11.5 Å². The van der Waals surface area contributed by atoms with Gasteiger partial charge in [-0.1, -0.05) is 11.8 Å². The Balaban J connectivity index is 1.40. The molecule has 0 saturated carbocycles. The molecule has 1 aromatic heterocycles. The molecule has 1 aromatic rings. The second kappa shape index (κ2) is 9.16. The molecule has 10 heteroatoms. The number of piperidine rings is 1. The maximum atomic E-state index is 12.6. The normalized spacial score (nSPS) is 24.1. The summed E-state index contributed by atoms with van der Waals surface area (Å²) in [4.78, 5) is 30.8. The number of morpholine rings is 1. The van der Waals surface area contributed by atoms with E-state index < -0.39 is 0 Å². The van der Waals surface area contributed by atoms with Gasteiger partial charge in [0.1, 0.15) is 6.33 Å². The molecule has 0 spiro atoms. The van der Waals surface area contributed by atoms with Gasteiger partial charge in [-0.15, -0.1) is 0 Å². The summed E-state index contributed by atoms with van der Waals surface area (Å²) >= 11 is 1.51. The van der Waals surface area contributed by atoms with Crippen LogP contribution in [0.3, 0.4) is 0 Å². The molecule has 2 aliphatic rings. The predicted octanol–water partition coefficient (Wildman–Crippen LogP) is -0.902. The Labute approximate surface area is 150 Å². The number of carbonyl (C=O) groups is 2. The zero-order chi connectivity index (χ0) is 17.5. The SMILES string of the molecule is O=C(NCCSc1ncn[nH]1)[C@H]1CNC[C@H](C(=O)N2CCOCC2)C1. The minimum atomic E-state index is -0.168. The first kappa shape index (κ1) is 18.2. The van der Waals surface area contributed by atoms with E-state index in [1.807, 2.05) is 4.90 Å². The smallest absolute Gasteiger partial charge is 0.227 e. The van der Waals surface area contributed by atoms with Gasteiger partial charge >= 0.3 is 0 Å². The van der Waals surface area contributed by atoms with Crippen LogP contribution in [0, 0.1) is 11.8 Å². The standard InChI is InChI=1S/C15H24N6O3S/c22-13(17-1-6-25-15-18-10-19-20-15)11-7-12(9-16-8-11)14(23)21-2-4-24-5-3-21/h10-12,16H,1-9H2,(H,17,22)(H,18,19,20)/t11-,12-/m1/s1. The summed E-state index contributed by atoms with van der Waals surface area (Å²) in [5.74, 6) is 0.557. The molecule has 0 radical (unpaired) electrons. The first-order valence-electron chi connectivity index (χ1n) is 8.57. The lowest BCUT2D eigenvalue weighted by molar-refractivity contribution is -0.141. The maximum absolute atomic E-state index is 12.6. The molecule has 138 valence electrons. The van der Waals surface area contributed by atoms with Gasteiger partial charge in [-0.25, -0.2) is 4.98 Å². The average molecular weight is 368 g/mol. The molecule has 3 N–H and O–H groups in total. The van der Waals surface area contributed by atoms with Crippen molar-refractivity contribution in [2.45, 2.75) is 11.6 Å². The van der Waals surface area contributed by atoms with Crippen molar-refractivity contribution < 1.29 is 14.3 Å². The highest BCUT2D eigenvalue weighted by Gasteiger charge is 2.33. The first-order valence-corrected chi connectivity index (χ1v) is 9.55. The Kier molecular flexibility index (Phi) is 6.65. The molecule has 0 aromatic carbocycles. The minimum Gasteiger partial charge on any atom is -0.378 e. The summed E-state index contributed by atoms with van der Waals surface area (Å²) in [7, 11) is 0.